The number of aliphatic hydroxyl groups excluding tert-OH is 2. The molecule has 2 aromatic carbocycles. The summed E-state index contributed by atoms with van der Waals surface area (Å²) in [5, 5.41) is 21.8. The summed E-state index contributed by atoms with van der Waals surface area (Å²) < 4.78 is 12.2. The number of halogens is 1. The molecule has 0 heterocycles. The largest absolute Gasteiger partial charge is 0.490 e. The van der Waals surface area contributed by atoms with Gasteiger partial charge in [0.15, 0.2) is 0 Å². The zero-order chi connectivity index (χ0) is 18.4. The van der Waals surface area contributed by atoms with Crippen LogP contribution in [0.1, 0.15) is 56.1 Å². The van der Waals surface area contributed by atoms with E-state index in [0.29, 0.717) is 16.9 Å². The second-order valence-corrected chi connectivity index (χ2v) is 8.08. The van der Waals surface area contributed by atoms with Crippen molar-refractivity contribution in [2.24, 2.45) is 0 Å². The van der Waals surface area contributed by atoms with Crippen molar-refractivity contribution in [1.82, 2.24) is 0 Å². The molecular weight excluding hydrogens is 352 g/mol. The molecule has 140 valence electrons. The van der Waals surface area contributed by atoms with Crippen molar-refractivity contribution in [1.29, 1.82) is 0 Å². The monoisotopic (exact) mass is 376 g/mol. The van der Waals surface area contributed by atoms with Crippen LogP contribution in [0.25, 0.3) is 10.8 Å². The Kier molecular flexibility index (Phi) is 4.76. The Morgan fingerprint density at radius 1 is 1.00 bits per heavy atom. The van der Waals surface area contributed by atoms with Gasteiger partial charge in [-0.2, -0.15) is 0 Å². The third-order valence-electron chi connectivity index (χ3n) is 5.45. The molecule has 1 saturated carbocycles. The van der Waals surface area contributed by atoms with Gasteiger partial charge < -0.3 is 19.7 Å². The molecule has 0 aliphatic heterocycles. The van der Waals surface area contributed by atoms with Crippen LogP contribution in [-0.4, -0.2) is 35.6 Å². The van der Waals surface area contributed by atoms with E-state index >= 15 is 0 Å². The summed E-state index contributed by atoms with van der Waals surface area (Å²) in [6, 6.07) is 5.77. The first-order chi connectivity index (χ1) is 12.5. The first kappa shape index (κ1) is 17.9. The van der Waals surface area contributed by atoms with E-state index in [1.165, 1.54) is 11.1 Å². The second-order valence-electron chi connectivity index (χ2n) is 7.67. The van der Waals surface area contributed by atoms with Crippen LogP contribution in [0.15, 0.2) is 18.2 Å². The lowest BCUT2D eigenvalue weighted by Gasteiger charge is -2.26. The zero-order valence-electron chi connectivity index (χ0n) is 15.2. The summed E-state index contributed by atoms with van der Waals surface area (Å²) >= 11 is 6.57. The van der Waals surface area contributed by atoms with E-state index < -0.39 is 12.2 Å². The summed E-state index contributed by atoms with van der Waals surface area (Å²) in [5.74, 6) is 2.57. The number of rotatable bonds is 6. The first-order valence-electron chi connectivity index (χ1n) is 9.37. The van der Waals surface area contributed by atoms with Crippen molar-refractivity contribution in [2.75, 3.05) is 13.2 Å². The highest BCUT2D eigenvalue weighted by molar-refractivity contribution is 6.36. The number of ether oxygens (including phenoxy) is 2. The van der Waals surface area contributed by atoms with Gasteiger partial charge in [-0.1, -0.05) is 23.7 Å². The maximum absolute atomic E-state index is 9.72. The normalized spacial score (nSPS) is 23.1. The molecular formula is C21H25ClO4. The number of aliphatic hydroxyl groups is 2. The number of hydrogen-bond acceptors (Lipinski definition) is 4. The molecule has 2 aliphatic carbocycles. The van der Waals surface area contributed by atoms with Crippen molar-refractivity contribution in [2.45, 2.75) is 57.2 Å². The summed E-state index contributed by atoms with van der Waals surface area (Å²) in [7, 11) is 0. The fraction of sp³-hybridized carbons (Fsp3) is 0.524. The topological polar surface area (TPSA) is 58.9 Å². The lowest BCUT2D eigenvalue weighted by Crippen LogP contribution is -2.17. The van der Waals surface area contributed by atoms with Gasteiger partial charge in [0.2, 0.25) is 0 Å². The van der Waals surface area contributed by atoms with Crippen molar-refractivity contribution < 1.29 is 19.7 Å². The maximum atomic E-state index is 9.72. The zero-order valence-corrected chi connectivity index (χ0v) is 15.9. The SMILES string of the molecule is CC(O)COc1c2c(c(OCC(C)O)c3c(Cl)cccc13)C1CCC2C1. The van der Waals surface area contributed by atoms with E-state index in [4.69, 9.17) is 21.1 Å². The van der Waals surface area contributed by atoms with Crippen LogP contribution in [0.3, 0.4) is 0 Å². The van der Waals surface area contributed by atoms with Crippen molar-refractivity contribution in [3.8, 4) is 11.5 Å². The van der Waals surface area contributed by atoms with Gasteiger partial charge in [0.05, 0.1) is 17.2 Å². The van der Waals surface area contributed by atoms with Crippen molar-refractivity contribution in [3.63, 3.8) is 0 Å². The first-order valence-corrected chi connectivity index (χ1v) is 9.74. The van der Waals surface area contributed by atoms with Crippen LogP contribution >= 0.6 is 11.6 Å². The summed E-state index contributed by atoms with van der Waals surface area (Å²) in [6.07, 6.45) is 2.33. The van der Waals surface area contributed by atoms with Gasteiger partial charge in [-0.15, -0.1) is 0 Å². The lowest BCUT2D eigenvalue weighted by atomic mass is 9.87. The molecule has 0 aromatic heterocycles. The Hall–Kier alpha value is -1.49. The van der Waals surface area contributed by atoms with Crippen molar-refractivity contribution in [3.05, 3.63) is 34.3 Å². The van der Waals surface area contributed by atoms with Gasteiger partial charge in [-0.3, -0.25) is 0 Å². The maximum Gasteiger partial charge on any atom is 0.132 e. The molecule has 2 aliphatic rings. The minimum Gasteiger partial charge on any atom is -0.490 e. The lowest BCUT2D eigenvalue weighted by molar-refractivity contribution is 0.120. The molecule has 0 spiro atoms. The quantitative estimate of drug-likeness (QED) is 0.785. The highest BCUT2D eigenvalue weighted by atomic mass is 35.5. The molecule has 0 saturated heterocycles. The predicted octanol–water partition coefficient (Wildman–Crippen LogP) is 4.38. The summed E-state index contributed by atoms with van der Waals surface area (Å²) in [4.78, 5) is 0. The molecule has 4 rings (SSSR count). The molecule has 26 heavy (non-hydrogen) atoms. The van der Waals surface area contributed by atoms with Crippen LogP contribution in [0.5, 0.6) is 11.5 Å². The highest BCUT2D eigenvalue weighted by Gasteiger charge is 2.43. The number of fused-ring (bicyclic) bond motifs is 6. The third-order valence-corrected chi connectivity index (χ3v) is 5.77. The highest BCUT2D eigenvalue weighted by Crippen LogP contribution is 2.61. The van der Waals surface area contributed by atoms with Gasteiger partial charge in [-0.05, 0) is 51.0 Å². The van der Waals surface area contributed by atoms with Gasteiger partial charge in [-0.25, -0.2) is 0 Å². The second kappa shape index (κ2) is 6.91. The van der Waals surface area contributed by atoms with Gasteiger partial charge in [0.1, 0.15) is 24.7 Å². The van der Waals surface area contributed by atoms with Gasteiger partial charge in [0.25, 0.3) is 0 Å². The smallest absolute Gasteiger partial charge is 0.132 e. The van der Waals surface area contributed by atoms with E-state index in [1.807, 2.05) is 18.2 Å². The molecule has 4 nitrogen and oxygen atoms in total. The number of benzene rings is 2. The van der Waals surface area contributed by atoms with Gasteiger partial charge >= 0.3 is 0 Å². The molecule has 4 atom stereocenters. The van der Waals surface area contributed by atoms with E-state index in [0.717, 1.165) is 41.5 Å². The van der Waals surface area contributed by atoms with Crippen LogP contribution < -0.4 is 9.47 Å². The third kappa shape index (κ3) is 2.94. The molecule has 2 bridgehead atoms. The van der Waals surface area contributed by atoms with E-state index in [1.54, 1.807) is 13.8 Å². The Labute approximate surface area is 158 Å². The van der Waals surface area contributed by atoms with E-state index in [9.17, 15) is 10.2 Å². The average molecular weight is 377 g/mol. The summed E-state index contributed by atoms with van der Waals surface area (Å²) in [6.45, 7) is 3.93. The molecule has 0 radical (unpaired) electrons. The predicted molar refractivity (Wildman–Crippen MR) is 103 cm³/mol. The molecule has 2 N–H and O–H groups in total. The molecule has 4 unspecified atom stereocenters. The van der Waals surface area contributed by atoms with Crippen LogP contribution in [-0.2, 0) is 0 Å². The number of hydrogen-bond donors (Lipinski definition) is 2. The van der Waals surface area contributed by atoms with E-state index in [-0.39, 0.29) is 13.2 Å². The molecule has 1 fully saturated rings. The molecule has 0 amide bonds. The standard InChI is InChI=1S/C21H25ClO4/c1-11(23)9-25-20-15-4-3-5-16(22)19(15)21(26-10-12(2)24)18-14-7-6-13(8-14)17(18)20/h3-5,11-14,23-24H,6-10H2,1-2H3. The Balaban J connectivity index is 1.95. The molecule has 2 aromatic rings. The molecule has 5 heteroatoms. The van der Waals surface area contributed by atoms with Crippen LogP contribution in [0, 0.1) is 0 Å². The van der Waals surface area contributed by atoms with Crippen LogP contribution in [0.4, 0.5) is 0 Å². The Morgan fingerprint density at radius 2 is 1.58 bits per heavy atom. The van der Waals surface area contributed by atoms with Gasteiger partial charge in [0, 0.05) is 21.9 Å². The minimum atomic E-state index is -0.548. The average Bonchev–Trinajstić information content (AvgIpc) is 3.20. The van der Waals surface area contributed by atoms with E-state index in [2.05, 4.69) is 0 Å². The minimum absolute atomic E-state index is 0.234. The fourth-order valence-corrected chi connectivity index (χ4v) is 4.76. The fourth-order valence-electron chi connectivity index (χ4n) is 4.50. The summed E-state index contributed by atoms with van der Waals surface area (Å²) in [5.41, 5.74) is 2.42. The Bertz CT molecular complexity index is 831. The van der Waals surface area contributed by atoms with Crippen LogP contribution in [0.2, 0.25) is 5.02 Å². The Morgan fingerprint density at radius 3 is 2.19 bits per heavy atom. The van der Waals surface area contributed by atoms with Crippen molar-refractivity contribution >= 4 is 22.4 Å².